The van der Waals surface area contributed by atoms with Gasteiger partial charge in [0.2, 0.25) is 5.91 Å². The fourth-order valence-corrected chi connectivity index (χ4v) is 2.70. The maximum atomic E-state index is 11.9. The van der Waals surface area contributed by atoms with Crippen molar-refractivity contribution < 1.29 is 4.79 Å². The van der Waals surface area contributed by atoms with Crippen LogP contribution in [0.1, 0.15) is 19.4 Å². The largest absolute Gasteiger partial charge is 0.360 e. The van der Waals surface area contributed by atoms with Gasteiger partial charge in [0.15, 0.2) is 0 Å². The molecule has 21 heavy (non-hydrogen) atoms. The molecule has 2 rings (SSSR count). The van der Waals surface area contributed by atoms with Gasteiger partial charge in [0.1, 0.15) is 0 Å². The first kappa shape index (κ1) is 16.1. The highest BCUT2D eigenvalue weighted by Crippen LogP contribution is 2.28. The van der Waals surface area contributed by atoms with Crippen LogP contribution in [-0.2, 0) is 11.3 Å². The summed E-state index contributed by atoms with van der Waals surface area (Å²) < 4.78 is 0. The number of likely N-dealkylation sites (N-methyl/N-ethyl adjacent to an activating group) is 1. The number of hydrogen-bond donors (Lipinski definition) is 1. The molecule has 1 aromatic rings. The van der Waals surface area contributed by atoms with E-state index in [1.807, 2.05) is 19.2 Å². The molecular formula is C16H24ClN3O. The van der Waals surface area contributed by atoms with Crippen LogP contribution >= 0.6 is 11.6 Å². The van der Waals surface area contributed by atoms with Crippen LogP contribution in [0.5, 0.6) is 0 Å². The van der Waals surface area contributed by atoms with E-state index in [1.165, 1.54) is 0 Å². The zero-order valence-corrected chi connectivity index (χ0v) is 13.8. The summed E-state index contributed by atoms with van der Waals surface area (Å²) in [7, 11) is 1.85. The molecule has 1 amide bonds. The molecular weight excluding hydrogens is 286 g/mol. The molecule has 0 bridgehead atoms. The van der Waals surface area contributed by atoms with Gasteiger partial charge in [-0.25, -0.2) is 0 Å². The first-order valence-corrected chi connectivity index (χ1v) is 7.84. The molecule has 0 saturated carbocycles. The highest BCUT2D eigenvalue weighted by atomic mass is 35.5. The van der Waals surface area contributed by atoms with Crippen molar-refractivity contribution in [2.45, 2.75) is 20.4 Å². The van der Waals surface area contributed by atoms with Crippen molar-refractivity contribution in [2.75, 3.05) is 38.1 Å². The Kier molecular flexibility index (Phi) is 5.48. The van der Waals surface area contributed by atoms with Crippen LogP contribution in [0.3, 0.4) is 0 Å². The lowest BCUT2D eigenvalue weighted by Crippen LogP contribution is -2.49. The molecule has 0 aliphatic carbocycles. The van der Waals surface area contributed by atoms with Gasteiger partial charge < -0.3 is 15.1 Å². The highest BCUT2D eigenvalue weighted by molar-refractivity contribution is 6.31. The number of anilines is 1. The Bertz CT molecular complexity index is 504. The molecule has 0 radical (unpaired) electrons. The van der Waals surface area contributed by atoms with Crippen molar-refractivity contribution in [3.63, 3.8) is 0 Å². The van der Waals surface area contributed by atoms with E-state index < -0.39 is 0 Å². The van der Waals surface area contributed by atoms with Crippen LogP contribution < -0.4 is 10.2 Å². The van der Waals surface area contributed by atoms with Crippen LogP contribution in [0.15, 0.2) is 18.2 Å². The van der Waals surface area contributed by atoms with E-state index >= 15 is 0 Å². The Morgan fingerprint density at radius 2 is 2.10 bits per heavy atom. The van der Waals surface area contributed by atoms with E-state index in [9.17, 15) is 4.79 Å². The van der Waals surface area contributed by atoms with Crippen molar-refractivity contribution in [2.24, 2.45) is 5.92 Å². The van der Waals surface area contributed by atoms with Crippen molar-refractivity contribution in [3.05, 3.63) is 28.8 Å². The summed E-state index contributed by atoms with van der Waals surface area (Å²) in [4.78, 5) is 15.8. The molecule has 116 valence electrons. The molecule has 0 spiro atoms. The number of carbonyl (C=O) groups is 1. The minimum atomic E-state index is 0.155. The zero-order chi connectivity index (χ0) is 15.4. The molecule has 1 fully saturated rings. The second kappa shape index (κ2) is 7.14. The summed E-state index contributed by atoms with van der Waals surface area (Å²) in [5.41, 5.74) is 2.15. The van der Waals surface area contributed by atoms with E-state index in [4.69, 9.17) is 11.6 Å². The molecule has 1 aliphatic heterocycles. The Morgan fingerprint density at radius 1 is 1.33 bits per heavy atom. The van der Waals surface area contributed by atoms with Crippen LogP contribution in [-0.4, -0.2) is 44.0 Å². The quantitative estimate of drug-likeness (QED) is 0.907. The maximum Gasteiger partial charge on any atom is 0.241 e. The maximum absolute atomic E-state index is 11.9. The molecule has 1 heterocycles. The van der Waals surface area contributed by atoms with Crippen LogP contribution in [0.4, 0.5) is 5.69 Å². The molecule has 1 aliphatic rings. The average molecular weight is 310 g/mol. The van der Waals surface area contributed by atoms with Gasteiger partial charge >= 0.3 is 0 Å². The van der Waals surface area contributed by atoms with Crippen molar-refractivity contribution in [1.29, 1.82) is 0 Å². The fourth-order valence-electron chi connectivity index (χ4n) is 2.47. The number of amides is 1. The standard InChI is InChI=1S/C16H24ClN3O/c1-12(2)9-18-10-13-14(17)5-4-6-15(13)20-8-7-19(3)16(21)11-20/h4-6,12,18H,7-11H2,1-3H3. The molecule has 0 aromatic heterocycles. The van der Waals surface area contributed by atoms with Gasteiger partial charge in [-0.05, 0) is 24.6 Å². The van der Waals surface area contributed by atoms with E-state index in [1.54, 1.807) is 4.90 Å². The van der Waals surface area contributed by atoms with E-state index in [-0.39, 0.29) is 5.91 Å². The van der Waals surface area contributed by atoms with Gasteiger partial charge in [0, 0.05) is 43.0 Å². The molecule has 0 atom stereocenters. The summed E-state index contributed by atoms with van der Waals surface area (Å²) in [6.07, 6.45) is 0. The lowest BCUT2D eigenvalue weighted by Gasteiger charge is -2.35. The SMILES string of the molecule is CC(C)CNCc1c(Cl)cccc1N1CCN(C)C(=O)C1. The Labute approximate surface area is 132 Å². The normalized spacial score (nSPS) is 16.0. The summed E-state index contributed by atoms with van der Waals surface area (Å²) in [6, 6.07) is 5.92. The van der Waals surface area contributed by atoms with E-state index in [0.717, 1.165) is 42.5 Å². The number of piperazine rings is 1. The Morgan fingerprint density at radius 3 is 2.76 bits per heavy atom. The number of carbonyl (C=O) groups excluding carboxylic acids is 1. The van der Waals surface area contributed by atoms with E-state index in [0.29, 0.717) is 12.5 Å². The highest BCUT2D eigenvalue weighted by Gasteiger charge is 2.23. The number of nitrogens with one attached hydrogen (secondary N) is 1. The minimum absolute atomic E-state index is 0.155. The third kappa shape index (κ3) is 4.11. The molecule has 5 heteroatoms. The predicted octanol–water partition coefficient (Wildman–Crippen LogP) is 2.36. The Balaban J connectivity index is 2.15. The van der Waals surface area contributed by atoms with Crippen LogP contribution in [0, 0.1) is 5.92 Å². The lowest BCUT2D eigenvalue weighted by atomic mass is 10.1. The predicted molar refractivity (Wildman–Crippen MR) is 87.8 cm³/mol. The molecule has 1 N–H and O–H groups in total. The van der Waals surface area contributed by atoms with Gasteiger partial charge in [-0.15, -0.1) is 0 Å². The zero-order valence-electron chi connectivity index (χ0n) is 13.0. The fraction of sp³-hybridized carbons (Fsp3) is 0.562. The monoisotopic (exact) mass is 309 g/mol. The van der Waals surface area contributed by atoms with Gasteiger partial charge in [0.25, 0.3) is 0 Å². The topological polar surface area (TPSA) is 35.6 Å². The van der Waals surface area contributed by atoms with Crippen molar-refractivity contribution in [1.82, 2.24) is 10.2 Å². The van der Waals surface area contributed by atoms with E-state index in [2.05, 4.69) is 30.1 Å². The Hall–Kier alpha value is -1.26. The number of rotatable bonds is 5. The van der Waals surface area contributed by atoms with Crippen molar-refractivity contribution in [3.8, 4) is 0 Å². The number of halogens is 1. The number of benzene rings is 1. The lowest BCUT2D eigenvalue weighted by molar-refractivity contribution is -0.129. The second-order valence-corrected chi connectivity index (χ2v) is 6.41. The smallest absolute Gasteiger partial charge is 0.241 e. The molecule has 1 aromatic carbocycles. The first-order valence-electron chi connectivity index (χ1n) is 7.46. The molecule has 4 nitrogen and oxygen atoms in total. The third-order valence-electron chi connectivity index (χ3n) is 3.75. The number of hydrogen-bond acceptors (Lipinski definition) is 3. The van der Waals surface area contributed by atoms with Crippen LogP contribution in [0.25, 0.3) is 0 Å². The average Bonchev–Trinajstić information content (AvgIpc) is 2.43. The van der Waals surface area contributed by atoms with Gasteiger partial charge in [0.05, 0.1) is 6.54 Å². The van der Waals surface area contributed by atoms with Gasteiger partial charge in [-0.3, -0.25) is 4.79 Å². The molecule has 1 saturated heterocycles. The van der Waals surface area contributed by atoms with Crippen molar-refractivity contribution >= 4 is 23.2 Å². The van der Waals surface area contributed by atoms with Gasteiger partial charge in [-0.1, -0.05) is 31.5 Å². The van der Waals surface area contributed by atoms with Crippen LogP contribution in [0.2, 0.25) is 5.02 Å². The molecule has 0 unspecified atom stereocenters. The second-order valence-electron chi connectivity index (χ2n) is 6.00. The summed E-state index contributed by atoms with van der Waals surface area (Å²) in [6.45, 7) is 8.07. The summed E-state index contributed by atoms with van der Waals surface area (Å²) in [5.74, 6) is 0.753. The number of nitrogens with zero attached hydrogens (tertiary/aromatic N) is 2. The minimum Gasteiger partial charge on any atom is -0.360 e. The van der Waals surface area contributed by atoms with Gasteiger partial charge in [-0.2, -0.15) is 0 Å². The summed E-state index contributed by atoms with van der Waals surface area (Å²) >= 11 is 6.37. The third-order valence-corrected chi connectivity index (χ3v) is 4.10. The first-order chi connectivity index (χ1) is 9.99. The summed E-state index contributed by atoms with van der Waals surface area (Å²) in [5, 5.41) is 4.19.